The van der Waals surface area contributed by atoms with Crippen LogP contribution in [0.3, 0.4) is 0 Å². The van der Waals surface area contributed by atoms with E-state index >= 15 is 0 Å². The van der Waals surface area contributed by atoms with Gasteiger partial charge < -0.3 is 9.15 Å². The Morgan fingerprint density at radius 3 is 2.46 bits per heavy atom. The van der Waals surface area contributed by atoms with E-state index in [0.29, 0.717) is 0 Å². The second kappa shape index (κ2) is 9.89. The van der Waals surface area contributed by atoms with Crippen LogP contribution in [0.25, 0.3) is 6.08 Å². The van der Waals surface area contributed by atoms with E-state index in [1.54, 1.807) is 19.6 Å². The minimum atomic E-state index is 0.790. The SMILES string of the molecule is CCC/C=C\c1c(C)c(C)cc(OC)c1CN1CCN(Cc2ncco2)CC1. The molecule has 0 spiro atoms. The zero-order valence-corrected chi connectivity index (χ0v) is 17.7. The second-order valence-electron chi connectivity index (χ2n) is 7.58. The number of oxazole rings is 1. The molecule has 152 valence electrons. The maximum atomic E-state index is 5.77. The molecule has 0 saturated carbocycles. The van der Waals surface area contributed by atoms with Crippen molar-refractivity contribution in [2.45, 2.75) is 46.7 Å². The van der Waals surface area contributed by atoms with Crippen LogP contribution in [0.1, 0.15) is 47.9 Å². The average molecular weight is 384 g/mol. The van der Waals surface area contributed by atoms with Gasteiger partial charge >= 0.3 is 0 Å². The molecule has 0 bridgehead atoms. The summed E-state index contributed by atoms with van der Waals surface area (Å²) in [5.74, 6) is 1.80. The molecule has 1 aromatic carbocycles. The molecule has 1 aliphatic heterocycles. The molecule has 5 nitrogen and oxygen atoms in total. The van der Waals surface area contributed by atoms with Crippen LogP contribution in [-0.4, -0.2) is 48.1 Å². The lowest BCUT2D eigenvalue weighted by atomic mass is 9.95. The van der Waals surface area contributed by atoms with Gasteiger partial charge in [-0.3, -0.25) is 9.80 Å². The predicted octanol–water partition coefficient (Wildman–Crippen LogP) is 4.43. The monoisotopic (exact) mass is 383 g/mol. The van der Waals surface area contributed by atoms with E-state index in [4.69, 9.17) is 9.15 Å². The molecule has 0 atom stereocenters. The van der Waals surface area contributed by atoms with E-state index in [2.05, 4.69) is 53.8 Å². The fourth-order valence-electron chi connectivity index (χ4n) is 3.75. The molecule has 0 radical (unpaired) electrons. The molecule has 2 heterocycles. The van der Waals surface area contributed by atoms with Crippen molar-refractivity contribution in [1.82, 2.24) is 14.8 Å². The molecule has 0 aliphatic carbocycles. The molecule has 0 N–H and O–H groups in total. The van der Waals surface area contributed by atoms with Crippen molar-refractivity contribution >= 4 is 6.08 Å². The lowest BCUT2D eigenvalue weighted by Gasteiger charge is -2.34. The highest BCUT2D eigenvalue weighted by molar-refractivity contribution is 5.63. The first-order valence-corrected chi connectivity index (χ1v) is 10.3. The Kier molecular flexibility index (Phi) is 7.29. The number of hydrogen-bond acceptors (Lipinski definition) is 5. The van der Waals surface area contributed by atoms with Crippen molar-refractivity contribution in [3.63, 3.8) is 0 Å². The topological polar surface area (TPSA) is 41.7 Å². The van der Waals surface area contributed by atoms with Crippen LogP contribution in [0.15, 0.2) is 29.0 Å². The number of hydrogen-bond donors (Lipinski definition) is 0. The van der Waals surface area contributed by atoms with Gasteiger partial charge in [0.15, 0.2) is 0 Å². The number of allylic oxidation sites excluding steroid dienone is 1. The van der Waals surface area contributed by atoms with Crippen LogP contribution < -0.4 is 4.74 Å². The lowest BCUT2D eigenvalue weighted by molar-refractivity contribution is 0.114. The van der Waals surface area contributed by atoms with Gasteiger partial charge in [0.05, 0.1) is 19.9 Å². The van der Waals surface area contributed by atoms with Gasteiger partial charge in [-0.2, -0.15) is 0 Å². The van der Waals surface area contributed by atoms with Crippen LogP contribution in [0.2, 0.25) is 0 Å². The minimum Gasteiger partial charge on any atom is -0.496 e. The van der Waals surface area contributed by atoms with Crippen LogP contribution in [0, 0.1) is 13.8 Å². The maximum absolute atomic E-state index is 5.77. The smallest absolute Gasteiger partial charge is 0.208 e. The molecule has 5 heteroatoms. The first-order valence-electron chi connectivity index (χ1n) is 10.3. The molecule has 1 fully saturated rings. The highest BCUT2D eigenvalue weighted by Gasteiger charge is 2.21. The van der Waals surface area contributed by atoms with E-state index < -0.39 is 0 Å². The summed E-state index contributed by atoms with van der Waals surface area (Å²) in [6, 6.07) is 2.18. The van der Waals surface area contributed by atoms with E-state index in [-0.39, 0.29) is 0 Å². The summed E-state index contributed by atoms with van der Waals surface area (Å²) in [7, 11) is 1.78. The van der Waals surface area contributed by atoms with E-state index in [1.807, 2.05) is 0 Å². The molecule has 28 heavy (non-hydrogen) atoms. The molecule has 1 aromatic heterocycles. The van der Waals surface area contributed by atoms with E-state index in [9.17, 15) is 0 Å². The van der Waals surface area contributed by atoms with E-state index in [0.717, 1.165) is 57.3 Å². The fraction of sp³-hybridized carbons (Fsp3) is 0.522. The normalized spacial score (nSPS) is 16.1. The van der Waals surface area contributed by atoms with Gasteiger partial charge in [0.2, 0.25) is 5.89 Å². The Hall–Kier alpha value is -2.11. The third-order valence-electron chi connectivity index (χ3n) is 5.61. The first kappa shape index (κ1) is 20.6. The lowest BCUT2D eigenvalue weighted by Crippen LogP contribution is -2.45. The largest absolute Gasteiger partial charge is 0.496 e. The molecule has 2 aromatic rings. The van der Waals surface area contributed by atoms with Crippen molar-refractivity contribution < 1.29 is 9.15 Å². The summed E-state index contributed by atoms with van der Waals surface area (Å²) in [6.07, 6.45) is 10.2. The fourth-order valence-corrected chi connectivity index (χ4v) is 3.75. The highest BCUT2D eigenvalue weighted by atomic mass is 16.5. The quantitative estimate of drug-likeness (QED) is 0.674. The Bertz CT molecular complexity index is 776. The van der Waals surface area contributed by atoms with Crippen LogP contribution in [0.4, 0.5) is 0 Å². The average Bonchev–Trinajstić information content (AvgIpc) is 3.21. The van der Waals surface area contributed by atoms with Gasteiger partial charge in [0.1, 0.15) is 12.0 Å². The Labute approximate surface area is 169 Å². The standard InChI is InChI=1S/C23H33N3O2/c1-5-6-7-8-20-19(3)18(2)15-22(27-4)21(20)16-25-10-12-26(13-11-25)17-23-24-9-14-28-23/h7-9,14-15H,5-6,10-13,16-17H2,1-4H3/b8-7-. The third-order valence-corrected chi connectivity index (χ3v) is 5.61. The van der Waals surface area contributed by atoms with Crippen LogP contribution in [0.5, 0.6) is 5.75 Å². The number of piperazine rings is 1. The maximum Gasteiger partial charge on any atom is 0.208 e. The summed E-state index contributed by atoms with van der Waals surface area (Å²) >= 11 is 0. The second-order valence-corrected chi connectivity index (χ2v) is 7.58. The Balaban J connectivity index is 1.71. The van der Waals surface area contributed by atoms with Gasteiger partial charge in [-0.15, -0.1) is 0 Å². The Morgan fingerprint density at radius 2 is 1.86 bits per heavy atom. The van der Waals surface area contributed by atoms with Crippen LogP contribution in [-0.2, 0) is 13.1 Å². The zero-order chi connectivity index (χ0) is 19.9. The highest BCUT2D eigenvalue weighted by Crippen LogP contribution is 2.31. The van der Waals surface area contributed by atoms with Crippen molar-refractivity contribution in [3.05, 3.63) is 52.7 Å². The van der Waals surface area contributed by atoms with Gasteiger partial charge in [0, 0.05) is 38.3 Å². The van der Waals surface area contributed by atoms with Gasteiger partial charge in [0.25, 0.3) is 0 Å². The van der Waals surface area contributed by atoms with Gasteiger partial charge in [-0.1, -0.05) is 25.5 Å². The number of aromatic nitrogens is 1. The predicted molar refractivity (Wildman–Crippen MR) is 113 cm³/mol. The number of benzene rings is 1. The van der Waals surface area contributed by atoms with E-state index in [1.165, 1.54) is 28.7 Å². The summed E-state index contributed by atoms with van der Waals surface area (Å²) in [4.78, 5) is 9.17. The number of unbranched alkanes of at least 4 members (excludes halogenated alkanes) is 1. The number of rotatable bonds is 8. The van der Waals surface area contributed by atoms with Crippen molar-refractivity contribution in [2.24, 2.45) is 0 Å². The summed E-state index contributed by atoms with van der Waals surface area (Å²) in [5.41, 5.74) is 5.27. The molecule has 3 rings (SSSR count). The summed E-state index contributed by atoms with van der Waals surface area (Å²) in [5, 5.41) is 0. The van der Waals surface area contributed by atoms with Crippen LogP contribution >= 0.6 is 0 Å². The number of methoxy groups -OCH3 is 1. The van der Waals surface area contributed by atoms with Gasteiger partial charge in [-0.25, -0.2) is 4.98 Å². The van der Waals surface area contributed by atoms with Gasteiger partial charge in [-0.05, 0) is 43.0 Å². The van der Waals surface area contributed by atoms with Crippen molar-refractivity contribution in [2.75, 3.05) is 33.3 Å². The van der Waals surface area contributed by atoms with Crippen molar-refractivity contribution in [3.8, 4) is 5.75 Å². The molecule has 0 amide bonds. The molecule has 0 unspecified atom stereocenters. The Morgan fingerprint density at radius 1 is 1.14 bits per heavy atom. The number of ether oxygens (including phenoxy) is 1. The minimum absolute atomic E-state index is 0.790. The molecular formula is C23H33N3O2. The molecule has 1 saturated heterocycles. The molecular weight excluding hydrogens is 350 g/mol. The summed E-state index contributed by atoms with van der Waals surface area (Å²) < 4.78 is 11.2. The van der Waals surface area contributed by atoms with Crippen molar-refractivity contribution in [1.29, 1.82) is 0 Å². The number of aryl methyl sites for hydroxylation is 1. The zero-order valence-electron chi connectivity index (χ0n) is 17.7. The number of nitrogens with zero attached hydrogens (tertiary/aromatic N) is 3. The summed E-state index contributed by atoms with van der Waals surface area (Å²) in [6.45, 7) is 12.4. The first-order chi connectivity index (χ1) is 13.6. The third kappa shape index (κ3) is 5.03. The molecule has 1 aliphatic rings.